The van der Waals surface area contributed by atoms with Crippen molar-refractivity contribution in [1.82, 2.24) is 10.2 Å². The van der Waals surface area contributed by atoms with Crippen molar-refractivity contribution in [2.24, 2.45) is 0 Å². The molecule has 6 nitrogen and oxygen atoms in total. The second kappa shape index (κ2) is 7.28. The third kappa shape index (κ3) is 4.61. The fraction of sp³-hybridized carbons (Fsp3) is 0.429. The van der Waals surface area contributed by atoms with Gasteiger partial charge in [-0.1, -0.05) is 23.7 Å². The van der Waals surface area contributed by atoms with Crippen LogP contribution in [0.4, 0.5) is 4.79 Å². The summed E-state index contributed by atoms with van der Waals surface area (Å²) in [5, 5.41) is 11.8. The molecule has 1 atom stereocenters. The molecule has 0 bridgehead atoms. The van der Waals surface area contributed by atoms with Crippen molar-refractivity contribution >= 4 is 23.6 Å². The molecule has 0 radical (unpaired) electrons. The third-order valence-corrected chi connectivity index (χ3v) is 3.42. The van der Waals surface area contributed by atoms with Gasteiger partial charge >= 0.3 is 12.0 Å². The van der Waals surface area contributed by atoms with E-state index in [1.165, 1.54) is 0 Å². The molecule has 114 valence electrons. The van der Waals surface area contributed by atoms with E-state index in [0.29, 0.717) is 24.7 Å². The van der Waals surface area contributed by atoms with Crippen LogP contribution in [0.15, 0.2) is 24.3 Å². The Hall–Kier alpha value is -1.79. The van der Waals surface area contributed by atoms with E-state index in [2.05, 4.69) is 5.32 Å². The van der Waals surface area contributed by atoms with E-state index in [1.54, 1.807) is 11.0 Å². The first-order chi connectivity index (χ1) is 10.1. The smallest absolute Gasteiger partial charge is 0.317 e. The number of morpholine rings is 1. The zero-order chi connectivity index (χ0) is 15.2. The lowest BCUT2D eigenvalue weighted by atomic mass is 10.1. The van der Waals surface area contributed by atoms with Crippen molar-refractivity contribution in [3.8, 4) is 0 Å². The molecular weight excluding hydrogens is 296 g/mol. The number of carbonyl (C=O) groups excluding carboxylic acids is 1. The fourth-order valence-electron chi connectivity index (χ4n) is 2.13. The molecular formula is C14H17ClN2O4. The first kappa shape index (κ1) is 15.6. The Bertz CT molecular complexity index is 523. The average molecular weight is 313 g/mol. The summed E-state index contributed by atoms with van der Waals surface area (Å²) in [4.78, 5) is 24.0. The number of nitrogens with zero attached hydrogens (tertiary/aromatic N) is 1. The van der Waals surface area contributed by atoms with Gasteiger partial charge < -0.3 is 20.1 Å². The zero-order valence-electron chi connectivity index (χ0n) is 11.4. The average Bonchev–Trinajstić information content (AvgIpc) is 2.47. The van der Waals surface area contributed by atoms with Gasteiger partial charge in [0.2, 0.25) is 0 Å². The lowest BCUT2D eigenvalue weighted by Gasteiger charge is -2.33. The Morgan fingerprint density at radius 2 is 2.29 bits per heavy atom. The van der Waals surface area contributed by atoms with Crippen molar-refractivity contribution in [2.75, 3.05) is 26.2 Å². The van der Waals surface area contributed by atoms with E-state index in [0.717, 1.165) is 5.56 Å². The van der Waals surface area contributed by atoms with E-state index >= 15 is 0 Å². The summed E-state index contributed by atoms with van der Waals surface area (Å²) in [6.07, 6.45) is -0.309. The van der Waals surface area contributed by atoms with Crippen LogP contribution in [-0.2, 0) is 9.53 Å². The van der Waals surface area contributed by atoms with Crippen LogP contribution in [0.25, 0.3) is 0 Å². The van der Waals surface area contributed by atoms with Crippen molar-refractivity contribution in [2.45, 2.75) is 12.5 Å². The molecule has 1 aromatic rings. The van der Waals surface area contributed by atoms with Gasteiger partial charge in [-0.25, -0.2) is 4.79 Å². The van der Waals surface area contributed by atoms with E-state index in [9.17, 15) is 9.59 Å². The number of hydrogen-bond acceptors (Lipinski definition) is 3. The highest BCUT2D eigenvalue weighted by atomic mass is 35.5. The summed E-state index contributed by atoms with van der Waals surface area (Å²) in [7, 11) is 0. The van der Waals surface area contributed by atoms with Crippen molar-refractivity contribution < 1.29 is 19.4 Å². The number of halogens is 1. The lowest BCUT2D eigenvalue weighted by Crippen LogP contribution is -2.47. The molecule has 21 heavy (non-hydrogen) atoms. The van der Waals surface area contributed by atoms with Crippen LogP contribution in [0, 0.1) is 0 Å². The van der Waals surface area contributed by atoms with Crippen LogP contribution in [-0.4, -0.2) is 48.2 Å². The van der Waals surface area contributed by atoms with Crippen molar-refractivity contribution in [3.05, 3.63) is 34.9 Å². The van der Waals surface area contributed by atoms with Crippen LogP contribution >= 0.6 is 11.6 Å². The van der Waals surface area contributed by atoms with Gasteiger partial charge in [0.05, 0.1) is 19.6 Å². The van der Waals surface area contributed by atoms with E-state index in [4.69, 9.17) is 21.4 Å². The summed E-state index contributed by atoms with van der Waals surface area (Å²) < 4.78 is 5.67. The van der Waals surface area contributed by atoms with Gasteiger partial charge in [0.15, 0.2) is 0 Å². The highest BCUT2D eigenvalue weighted by Gasteiger charge is 2.25. The summed E-state index contributed by atoms with van der Waals surface area (Å²) >= 11 is 5.96. The van der Waals surface area contributed by atoms with Gasteiger partial charge in [0.1, 0.15) is 6.10 Å². The van der Waals surface area contributed by atoms with Crippen molar-refractivity contribution in [1.29, 1.82) is 0 Å². The van der Waals surface area contributed by atoms with E-state index < -0.39 is 5.97 Å². The minimum atomic E-state index is -0.936. The maximum atomic E-state index is 12.0. The minimum Gasteiger partial charge on any atom is -0.481 e. The summed E-state index contributed by atoms with van der Waals surface area (Å²) in [6.45, 7) is 1.45. The molecule has 0 aliphatic carbocycles. The molecule has 2 rings (SSSR count). The van der Waals surface area contributed by atoms with Gasteiger partial charge in [0, 0.05) is 18.1 Å². The Morgan fingerprint density at radius 3 is 3.00 bits per heavy atom. The maximum Gasteiger partial charge on any atom is 0.317 e. The molecule has 1 aliphatic rings. The van der Waals surface area contributed by atoms with Crippen LogP contribution in [0.2, 0.25) is 5.02 Å². The largest absolute Gasteiger partial charge is 0.481 e. The number of benzene rings is 1. The molecule has 0 aromatic heterocycles. The molecule has 0 saturated carbocycles. The summed E-state index contributed by atoms with van der Waals surface area (Å²) in [5.41, 5.74) is 0.922. The molecule has 0 spiro atoms. The Labute approximate surface area is 127 Å². The summed E-state index contributed by atoms with van der Waals surface area (Å²) in [6, 6.07) is 7.07. The standard InChI is InChI=1S/C14H17ClN2O4/c15-11-3-1-2-10(8-11)12-9-17(6-7-21-12)14(20)16-5-4-13(18)19/h1-3,8,12H,4-7,9H2,(H,16,20)(H,18,19). The quantitative estimate of drug-likeness (QED) is 0.890. The van der Waals surface area contributed by atoms with Gasteiger partial charge in [-0.2, -0.15) is 0 Å². The van der Waals surface area contributed by atoms with Crippen molar-refractivity contribution in [3.63, 3.8) is 0 Å². The molecule has 1 unspecified atom stereocenters. The van der Waals surface area contributed by atoms with Crippen LogP contribution in [0.3, 0.4) is 0 Å². The normalized spacial score (nSPS) is 18.3. The van der Waals surface area contributed by atoms with Gasteiger partial charge in [-0.15, -0.1) is 0 Å². The number of nitrogens with one attached hydrogen (secondary N) is 1. The minimum absolute atomic E-state index is 0.0895. The molecule has 2 amide bonds. The number of carboxylic acid groups (broad SMARTS) is 1. The van der Waals surface area contributed by atoms with Gasteiger partial charge in [-0.3, -0.25) is 4.79 Å². The van der Waals surface area contributed by atoms with Gasteiger partial charge in [-0.05, 0) is 17.7 Å². The number of carbonyl (C=O) groups is 2. The highest BCUT2D eigenvalue weighted by molar-refractivity contribution is 6.30. The highest BCUT2D eigenvalue weighted by Crippen LogP contribution is 2.24. The van der Waals surface area contributed by atoms with Gasteiger partial charge in [0.25, 0.3) is 0 Å². The molecule has 1 saturated heterocycles. The molecule has 1 fully saturated rings. The summed E-state index contributed by atoms with van der Waals surface area (Å²) in [5.74, 6) is -0.936. The predicted octanol–water partition coefficient (Wildman–Crippen LogP) is 1.90. The van der Waals surface area contributed by atoms with E-state index in [-0.39, 0.29) is 25.1 Å². The number of rotatable bonds is 4. The predicted molar refractivity (Wildman–Crippen MR) is 77.4 cm³/mol. The number of aliphatic carboxylic acids is 1. The fourth-order valence-corrected chi connectivity index (χ4v) is 2.33. The molecule has 1 heterocycles. The molecule has 1 aromatic carbocycles. The second-order valence-electron chi connectivity index (χ2n) is 4.74. The number of amides is 2. The first-order valence-corrected chi connectivity index (χ1v) is 7.05. The van der Waals surface area contributed by atoms with Crippen LogP contribution in [0.5, 0.6) is 0 Å². The Balaban J connectivity index is 1.91. The second-order valence-corrected chi connectivity index (χ2v) is 5.17. The number of carboxylic acids is 1. The lowest BCUT2D eigenvalue weighted by molar-refractivity contribution is -0.136. The maximum absolute atomic E-state index is 12.0. The zero-order valence-corrected chi connectivity index (χ0v) is 12.2. The van der Waals surface area contributed by atoms with Crippen LogP contribution in [0.1, 0.15) is 18.1 Å². The van der Waals surface area contributed by atoms with E-state index in [1.807, 2.05) is 18.2 Å². The monoisotopic (exact) mass is 312 g/mol. The van der Waals surface area contributed by atoms with Crippen LogP contribution < -0.4 is 5.32 Å². The number of urea groups is 1. The first-order valence-electron chi connectivity index (χ1n) is 6.68. The Morgan fingerprint density at radius 1 is 1.48 bits per heavy atom. The third-order valence-electron chi connectivity index (χ3n) is 3.19. The number of ether oxygens (including phenoxy) is 1. The SMILES string of the molecule is O=C(O)CCNC(=O)N1CCOC(c2cccc(Cl)c2)C1. The molecule has 7 heteroatoms. The number of hydrogen-bond donors (Lipinski definition) is 2. The Kier molecular flexibility index (Phi) is 5.41. The molecule has 2 N–H and O–H groups in total. The molecule has 1 aliphatic heterocycles. The topological polar surface area (TPSA) is 78.9 Å².